The number of aryl methyl sites for hydroxylation is 2. The van der Waals surface area contributed by atoms with Crippen LogP contribution in [0.4, 0.5) is 0 Å². The lowest BCUT2D eigenvalue weighted by atomic mass is 9.93. The third kappa shape index (κ3) is 4.90. The van der Waals surface area contributed by atoms with Gasteiger partial charge in [0.1, 0.15) is 0 Å². The molecule has 0 amide bonds. The van der Waals surface area contributed by atoms with Crippen molar-refractivity contribution in [3.05, 3.63) is 129 Å². The first-order chi connectivity index (χ1) is 19.1. The molecule has 0 aromatic heterocycles. The zero-order valence-corrected chi connectivity index (χ0v) is 24.7. The first kappa shape index (κ1) is 25.8. The van der Waals surface area contributed by atoms with Crippen molar-refractivity contribution in [2.75, 3.05) is 0 Å². The van der Waals surface area contributed by atoms with Crippen molar-refractivity contribution in [2.45, 2.75) is 64.5 Å². The van der Waals surface area contributed by atoms with Crippen LogP contribution in [0.3, 0.4) is 0 Å². The van der Waals surface area contributed by atoms with Gasteiger partial charge in [-0.3, -0.25) is 0 Å². The van der Waals surface area contributed by atoms with Crippen LogP contribution in [0, 0.1) is 0 Å². The van der Waals surface area contributed by atoms with Gasteiger partial charge in [0.2, 0.25) is 0 Å². The minimum atomic E-state index is 0.543. The monoisotopic (exact) mass is 522 g/mol. The average molecular weight is 523 g/mol. The summed E-state index contributed by atoms with van der Waals surface area (Å²) in [6.45, 7) is 9.12. The van der Waals surface area contributed by atoms with Gasteiger partial charge in [0.05, 0.1) is 0 Å². The second-order valence-electron chi connectivity index (χ2n) is 11.3. The summed E-state index contributed by atoms with van der Waals surface area (Å²) in [5.74, 6) is 1.09. The molecular formula is C38H38Si. The molecule has 1 heteroatoms. The van der Waals surface area contributed by atoms with Crippen LogP contribution >= 0.6 is 0 Å². The van der Waals surface area contributed by atoms with Crippen LogP contribution in [0.5, 0.6) is 0 Å². The van der Waals surface area contributed by atoms with Crippen LogP contribution in [0.1, 0.15) is 72.9 Å². The van der Waals surface area contributed by atoms with E-state index >= 15 is 0 Å². The molecular weight excluding hydrogens is 485 g/mol. The summed E-state index contributed by atoms with van der Waals surface area (Å²) in [4.78, 5) is 0. The summed E-state index contributed by atoms with van der Waals surface area (Å²) in [6.07, 6.45) is 7.09. The van der Waals surface area contributed by atoms with Gasteiger partial charge in [-0.25, -0.2) is 0 Å². The van der Waals surface area contributed by atoms with Crippen LogP contribution in [0.25, 0.3) is 34.4 Å². The highest BCUT2D eigenvalue weighted by Gasteiger charge is 2.28. The van der Waals surface area contributed by atoms with Crippen LogP contribution in [-0.2, 0) is 12.8 Å². The standard InChI is InChI=1S/C38H38Si/c1-5-27-13-17-29(18-14-27)31-9-7-11-33-35(31)21-25(3)37(33)23-39-24-38-26(4)22-36-32(10-8-12-34(36)38)30-19-15-28(6-2)16-20-30/h7-22,37-38H,5-6,23-24H2,1-4H3. The van der Waals surface area contributed by atoms with Crippen molar-refractivity contribution in [3.8, 4) is 22.3 Å². The Balaban J connectivity index is 1.19. The van der Waals surface area contributed by atoms with E-state index in [1.807, 2.05) is 0 Å². The van der Waals surface area contributed by atoms with Gasteiger partial charge in [0.15, 0.2) is 0 Å². The molecule has 0 saturated heterocycles. The van der Waals surface area contributed by atoms with E-state index in [0.717, 1.165) is 22.4 Å². The maximum absolute atomic E-state index is 2.46. The third-order valence-corrected chi connectivity index (χ3v) is 10.3. The predicted molar refractivity (Wildman–Crippen MR) is 171 cm³/mol. The lowest BCUT2D eigenvalue weighted by Crippen LogP contribution is -2.06. The molecule has 6 rings (SSSR count). The van der Waals surface area contributed by atoms with Gasteiger partial charge >= 0.3 is 0 Å². The molecule has 2 radical (unpaired) electrons. The van der Waals surface area contributed by atoms with Crippen molar-refractivity contribution in [1.82, 2.24) is 0 Å². The molecule has 2 unspecified atom stereocenters. The van der Waals surface area contributed by atoms with Gasteiger partial charge in [0.25, 0.3) is 0 Å². The minimum absolute atomic E-state index is 0.543. The fourth-order valence-corrected chi connectivity index (χ4v) is 8.33. The summed E-state index contributed by atoms with van der Waals surface area (Å²) in [5, 5.41) is 0. The number of rotatable bonds is 8. The second kappa shape index (κ2) is 11.0. The van der Waals surface area contributed by atoms with E-state index in [4.69, 9.17) is 0 Å². The number of benzene rings is 4. The van der Waals surface area contributed by atoms with Gasteiger partial charge in [-0.05, 0) is 82.3 Å². The Morgan fingerprint density at radius 2 is 0.949 bits per heavy atom. The minimum Gasteiger partial charge on any atom is -0.0655 e. The molecule has 4 aromatic carbocycles. The topological polar surface area (TPSA) is 0 Å². The average Bonchev–Trinajstić information content (AvgIpc) is 3.48. The van der Waals surface area contributed by atoms with Gasteiger partial charge in [-0.1, -0.05) is 134 Å². The maximum Gasteiger partial charge on any atom is 0.0397 e. The van der Waals surface area contributed by atoms with E-state index in [0.29, 0.717) is 11.8 Å². The zero-order valence-electron chi connectivity index (χ0n) is 23.7. The summed E-state index contributed by atoms with van der Waals surface area (Å²) in [7, 11) is 0.937. The second-order valence-corrected chi connectivity index (χ2v) is 12.6. The van der Waals surface area contributed by atoms with Crippen molar-refractivity contribution >= 4 is 21.7 Å². The van der Waals surface area contributed by atoms with Gasteiger partial charge < -0.3 is 0 Å². The quantitative estimate of drug-likeness (QED) is 0.202. The summed E-state index contributed by atoms with van der Waals surface area (Å²) in [6, 6.07) is 34.6. The molecule has 0 fully saturated rings. The largest absolute Gasteiger partial charge is 0.0655 e. The summed E-state index contributed by atoms with van der Waals surface area (Å²) >= 11 is 0. The molecule has 194 valence electrons. The molecule has 2 atom stereocenters. The Hall–Kier alpha value is -3.42. The lowest BCUT2D eigenvalue weighted by Gasteiger charge is -2.19. The third-order valence-electron chi connectivity index (χ3n) is 8.92. The van der Waals surface area contributed by atoms with Crippen LogP contribution in [0.2, 0.25) is 12.1 Å². The van der Waals surface area contributed by atoms with Gasteiger partial charge in [-0.2, -0.15) is 0 Å². The van der Waals surface area contributed by atoms with Crippen LogP contribution in [0.15, 0.2) is 96.1 Å². The molecule has 0 spiro atoms. The Labute approximate surface area is 237 Å². The molecule has 0 nitrogen and oxygen atoms in total. The molecule has 0 saturated carbocycles. The van der Waals surface area contributed by atoms with E-state index in [2.05, 4.69) is 125 Å². The highest BCUT2D eigenvalue weighted by atomic mass is 28.2. The van der Waals surface area contributed by atoms with Crippen LogP contribution in [-0.4, -0.2) is 9.52 Å². The normalized spacial score (nSPS) is 17.5. The van der Waals surface area contributed by atoms with Crippen molar-refractivity contribution < 1.29 is 0 Å². The fraction of sp³-hybridized carbons (Fsp3) is 0.263. The lowest BCUT2D eigenvalue weighted by molar-refractivity contribution is 0.876. The van der Waals surface area contributed by atoms with Crippen molar-refractivity contribution in [1.29, 1.82) is 0 Å². The maximum atomic E-state index is 2.46. The zero-order chi connectivity index (χ0) is 26.9. The summed E-state index contributed by atoms with van der Waals surface area (Å²) < 4.78 is 0. The first-order valence-corrected chi connectivity index (χ1v) is 16.0. The van der Waals surface area contributed by atoms with Crippen molar-refractivity contribution in [2.24, 2.45) is 0 Å². The molecule has 0 aliphatic heterocycles. The predicted octanol–water partition coefficient (Wildman–Crippen LogP) is 10.4. The van der Waals surface area contributed by atoms with E-state index in [9.17, 15) is 0 Å². The highest BCUT2D eigenvalue weighted by Crippen LogP contribution is 2.45. The SMILES string of the molecule is CCc1ccc(-c2cccc3c2C=C(C)C3C[Si]CC2C(C)=Cc3c(-c4ccc(CC)cc4)cccc32)cc1. The Morgan fingerprint density at radius 1 is 0.538 bits per heavy atom. The Kier molecular flexibility index (Phi) is 7.27. The van der Waals surface area contributed by atoms with Crippen LogP contribution < -0.4 is 0 Å². The number of fused-ring (bicyclic) bond motifs is 2. The van der Waals surface area contributed by atoms with E-state index in [1.54, 1.807) is 0 Å². The fourth-order valence-electron chi connectivity index (χ4n) is 6.50. The number of allylic oxidation sites excluding steroid dienone is 2. The molecule has 2 aliphatic rings. The van der Waals surface area contributed by atoms with E-state index < -0.39 is 0 Å². The first-order valence-electron chi connectivity index (χ1n) is 14.6. The Morgan fingerprint density at radius 3 is 1.33 bits per heavy atom. The molecule has 4 aromatic rings. The van der Waals surface area contributed by atoms with Crippen molar-refractivity contribution in [3.63, 3.8) is 0 Å². The summed E-state index contributed by atoms with van der Waals surface area (Å²) in [5.41, 5.74) is 17.2. The molecule has 0 heterocycles. The number of hydrogen-bond acceptors (Lipinski definition) is 0. The van der Waals surface area contributed by atoms with Gasteiger partial charge in [0, 0.05) is 21.4 Å². The molecule has 2 aliphatic carbocycles. The highest BCUT2D eigenvalue weighted by molar-refractivity contribution is 6.36. The number of hydrogen-bond donors (Lipinski definition) is 0. The Bertz CT molecular complexity index is 1430. The molecule has 0 N–H and O–H groups in total. The smallest absolute Gasteiger partial charge is 0.0397 e. The van der Waals surface area contributed by atoms with E-state index in [-0.39, 0.29) is 0 Å². The van der Waals surface area contributed by atoms with E-state index in [1.165, 1.54) is 78.9 Å². The van der Waals surface area contributed by atoms with Gasteiger partial charge in [-0.15, -0.1) is 0 Å². The molecule has 0 bridgehead atoms. The molecule has 39 heavy (non-hydrogen) atoms.